The SMILES string of the molecule is CC[C@@H](N)c1ccc(OCc2ccnc(C#N)c2)cc1. The maximum absolute atomic E-state index is 8.79. The fourth-order valence-corrected chi connectivity index (χ4v) is 1.84. The van der Waals surface area contributed by atoms with Crippen LogP contribution < -0.4 is 10.5 Å². The molecule has 0 saturated heterocycles. The molecule has 2 N–H and O–H groups in total. The average Bonchev–Trinajstić information content (AvgIpc) is 2.53. The second-order valence-electron chi connectivity index (χ2n) is 4.53. The zero-order valence-electron chi connectivity index (χ0n) is 11.4. The van der Waals surface area contributed by atoms with E-state index < -0.39 is 0 Å². The van der Waals surface area contributed by atoms with Crippen LogP contribution in [0, 0.1) is 11.3 Å². The van der Waals surface area contributed by atoms with Gasteiger partial charge in [0.25, 0.3) is 0 Å². The van der Waals surface area contributed by atoms with Crippen molar-refractivity contribution in [1.29, 1.82) is 5.26 Å². The first-order chi connectivity index (χ1) is 9.72. The van der Waals surface area contributed by atoms with E-state index in [1.807, 2.05) is 36.4 Å². The van der Waals surface area contributed by atoms with Gasteiger partial charge in [-0.3, -0.25) is 0 Å². The number of ether oxygens (including phenoxy) is 1. The van der Waals surface area contributed by atoms with Crippen molar-refractivity contribution in [3.63, 3.8) is 0 Å². The summed E-state index contributed by atoms with van der Waals surface area (Å²) in [6.07, 6.45) is 2.52. The molecular weight excluding hydrogens is 250 g/mol. The van der Waals surface area contributed by atoms with Gasteiger partial charge < -0.3 is 10.5 Å². The molecule has 20 heavy (non-hydrogen) atoms. The highest BCUT2D eigenvalue weighted by atomic mass is 16.5. The van der Waals surface area contributed by atoms with Gasteiger partial charge in [0.1, 0.15) is 24.1 Å². The highest BCUT2D eigenvalue weighted by Crippen LogP contribution is 2.19. The zero-order valence-corrected chi connectivity index (χ0v) is 11.4. The summed E-state index contributed by atoms with van der Waals surface area (Å²) in [4.78, 5) is 3.92. The maximum Gasteiger partial charge on any atom is 0.140 e. The molecule has 0 aliphatic heterocycles. The van der Waals surface area contributed by atoms with Gasteiger partial charge in [-0.25, -0.2) is 4.98 Å². The molecule has 0 aliphatic carbocycles. The Kier molecular flexibility index (Phi) is 4.70. The summed E-state index contributed by atoms with van der Waals surface area (Å²) >= 11 is 0. The number of benzene rings is 1. The fraction of sp³-hybridized carbons (Fsp3) is 0.250. The lowest BCUT2D eigenvalue weighted by Gasteiger charge is -2.11. The van der Waals surface area contributed by atoms with Gasteiger partial charge in [0.2, 0.25) is 0 Å². The van der Waals surface area contributed by atoms with Crippen molar-refractivity contribution in [2.75, 3.05) is 0 Å². The Morgan fingerprint density at radius 3 is 2.70 bits per heavy atom. The number of rotatable bonds is 5. The topological polar surface area (TPSA) is 71.9 Å². The molecular formula is C16H17N3O. The molecule has 1 atom stereocenters. The molecule has 0 unspecified atom stereocenters. The van der Waals surface area contributed by atoms with Crippen LogP contribution in [-0.4, -0.2) is 4.98 Å². The average molecular weight is 267 g/mol. The van der Waals surface area contributed by atoms with Crippen molar-refractivity contribution in [2.24, 2.45) is 5.73 Å². The van der Waals surface area contributed by atoms with Crippen LogP contribution in [0.5, 0.6) is 5.75 Å². The Balaban J connectivity index is 1.98. The van der Waals surface area contributed by atoms with Gasteiger partial charge in [0.15, 0.2) is 0 Å². The van der Waals surface area contributed by atoms with E-state index in [0.29, 0.717) is 12.3 Å². The lowest BCUT2D eigenvalue weighted by molar-refractivity contribution is 0.306. The summed E-state index contributed by atoms with van der Waals surface area (Å²) in [5.41, 5.74) is 8.39. The third kappa shape index (κ3) is 3.56. The summed E-state index contributed by atoms with van der Waals surface area (Å²) in [5.74, 6) is 0.785. The Bertz CT molecular complexity index is 602. The standard InChI is InChI=1S/C16H17N3O/c1-2-16(18)13-3-5-15(6-4-13)20-11-12-7-8-19-14(9-12)10-17/h3-9,16H,2,11,18H2,1H3/t16-/m1/s1. The summed E-state index contributed by atoms with van der Waals surface area (Å²) < 4.78 is 5.68. The molecule has 0 amide bonds. The first-order valence-corrected chi connectivity index (χ1v) is 6.56. The third-order valence-corrected chi connectivity index (χ3v) is 3.09. The van der Waals surface area contributed by atoms with Crippen LogP contribution in [0.2, 0.25) is 0 Å². The monoisotopic (exact) mass is 267 g/mol. The van der Waals surface area contributed by atoms with Crippen molar-refractivity contribution in [3.8, 4) is 11.8 Å². The molecule has 0 aliphatic rings. The van der Waals surface area contributed by atoms with E-state index in [-0.39, 0.29) is 6.04 Å². The molecule has 1 aromatic carbocycles. The minimum atomic E-state index is 0.0717. The van der Waals surface area contributed by atoms with Crippen LogP contribution in [0.1, 0.15) is 36.2 Å². The van der Waals surface area contributed by atoms with Gasteiger partial charge in [-0.15, -0.1) is 0 Å². The quantitative estimate of drug-likeness (QED) is 0.904. The van der Waals surface area contributed by atoms with Crippen LogP contribution in [-0.2, 0) is 6.61 Å². The van der Waals surface area contributed by atoms with E-state index in [1.54, 1.807) is 12.3 Å². The van der Waals surface area contributed by atoms with Crippen LogP contribution in [0.15, 0.2) is 42.6 Å². The third-order valence-electron chi connectivity index (χ3n) is 3.09. The lowest BCUT2D eigenvalue weighted by Crippen LogP contribution is -2.08. The molecule has 1 aromatic heterocycles. The highest BCUT2D eigenvalue weighted by Gasteiger charge is 2.03. The molecule has 0 saturated carbocycles. The molecule has 4 heteroatoms. The van der Waals surface area contributed by atoms with Crippen molar-refractivity contribution in [3.05, 3.63) is 59.4 Å². The van der Waals surface area contributed by atoms with Gasteiger partial charge in [-0.1, -0.05) is 19.1 Å². The van der Waals surface area contributed by atoms with Gasteiger partial charge >= 0.3 is 0 Å². The largest absolute Gasteiger partial charge is 0.489 e. The number of hydrogen-bond donors (Lipinski definition) is 1. The van der Waals surface area contributed by atoms with E-state index >= 15 is 0 Å². The first kappa shape index (κ1) is 14.0. The van der Waals surface area contributed by atoms with Gasteiger partial charge in [0.05, 0.1) is 0 Å². The van der Waals surface area contributed by atoms with E-state index in [9.17, 15) is 0 Å². The summed E-state index contributed by atoms with van der Waals surface area (Å²) in [5, 5.41) is 8.79. The van der Waals surface area contributed by atoms with E-state index in [1.165, 1.54) is 0 Å². The number of nitrogens with two attached hydrogens (primary N) is 1. The van der Waals surface area contributed by atoms with Gasteiger partial charge in [0, 0.05) is 12.2 Å². The minimum Gasteiger partial charge on any atom is -0.489 e. The number of aromatic nitrogens is 1. The van der Waals surface area contributed by atoms with Crippen molar-refractivity contribution < 1.29 is 4.74 Å². The van der Waals surface area contributed by atoms with Crippen molar-refractivity contribution in [2.45, 2.75) is 26.0 Å². The van der Waals surface area contributed by atoms with Gasteiger partial charge in [-0.2, -0.15) is 5.26 Å². The van der Waals surface area contributed by atoms with E-state index in [4.69, 9.17) is 15.7 Å². The molecule has 102 valence electrons. The predicted octanol–water partition coefficient (Wildman–Crippen LogP) is 2.94. The molecule has 4 nitrogen and oxygen atoms in total. The first-order valence-electron chi connectivity index (χ1n) is 6.56. The Labute approximate surface area is 118 Å². The molecule has 0 spiro atoms. The lowest BCUT2D eigenvalue weighted by atomic mass is 10.1. The Morgan fingerprint density at radius 2 is 2.05 bits per heavy atom. The van der Waals surface area contributed by atoms with Crippen LogP contribution in [0.25, 0.3) is 0 Å². The Hall–Kier alpha value is -2.38. The predicted molar refractivity (Wildman–Crippen MR) is 76.9 cm³/mol. The molecule has 2 aromatic rings. The Morgan fingerprint density at radius 1 is 1.30 bits per heavy atom. The second kappa shape index (κ2) is 6.69. The van der Waals surface area contributed by atoms with Crippen molar-refractivity contribution in [1.82, 2.24) is 4.98 Å². The molecule has 1 heterocycles. The molecule has 0 radical (unpaired) electrons. The number of pyridine rings is 1. The van der Waals surface area contributed by atoms with Crippen molar-refractivity contribution >= 4 is 0 Å². The molecule has 0 fully saturated rings. The minimum absolute atomic E-state index is 0.0717. The summed E-state index contributed by atoms with van der Waals surface area (Å²) in [6, 6.07) is 13.4. The summed E-state index contributed by atoms with van der Waals surface area (Å²) in [7, 11) is 0. The zero-order chi connectivity index (χ0) is 14.4. The number of nitrogens with zero attached hydrogens (tertiary/aromatic N) is 2. The fourth-order valence-electron chi connectivity index (χ4n) is 1.84. The smallest absolute Gasteiger partial charge is 0.140 e. The maximum atomic E-state index is 8.79. The van der Waals surface area contributed by atoms with E-state index in [0.717, 1.165) is 23.3 Å². The molecule has 2 rings (SSSR count). The molecule has 0 bridgehead atoms. The van der Waals surface area contributed by atoms with Crippen LogP contribution in [0.3, 0.4) is 0 Å². The number of nitriles is 1. The highest BCUT2D eigenvalue weighted by molar-refractivity contribution is 5.30. The van der Waals surface area contributed by atoms with Crippen LogP contribution >= 0.6 is 0 Å². The second-order valence-corrected chi connectivity index (χ2v) is 4.53. The van der Waals surface area contributed by atoms with Gasteiger partial charge in [-0.05, 0) is 41.8 Å². The summed E-state index contributed by atoms with van der Waals surface area (Å²) in [6.45, 7) is 2.47. The van der Waals surface area contributed by atoms with Crippen LogP contribution in [0.4, 0.5) is 0 Å². The normalized spacial score (nSPS) is 11.7. The van der Waals surface area contributed by atoms with E-state index in [2.05, 4.69) is 11.9 Å². The number of hydrogen-bond acceptors (Lipinski definition) is 4.